The second-order valence-electron chi connectivity index (χ2n) is 5.38. The van der Waals surface area contributed by atoms with Crippen LogP contribution in [0.25, 0.3) is 0 Å². The predicted molar refractivity (Wildman–Crippen MR) is 103 cm³/mol. The molecule has 0 saturated carbocycles. The number of rotatable bonds is 5. The van der Waals surface area contributed by atoms with Crippen LogP contribution in [0.3, 0.4) is 0 Å². The van der Waals surface area contributed by atoms with Gasteiger partial charge in [-0.2, -0.15) is 0 Å². The summed E-state index contributed by atoms with van der Waals surface area (Å²) in [5.41, 5.74) is 1.45. The van der Waals surface area contributed by atoms with E-state index in [0.29, 0.717) is 15.7 Å². The zero-order chi connectivity index (χ0) is 17.8. The lowest BCUT2D eigenvalue weighted by molar-refractivity contribution is -0.115. The first-order chi connectivity index (χ1) is 12.0. The molecule has 1 N–H and O–H groups in total. The van der Waals surface area contributed by atoms with Crippen LogP contribution in [0.5, 0.6) is 0 Å². The van der Waals surface area contributed by atoms with Gasteiger partial charge in [0.05, 0.1) is 0 Å². The van der Waals surface area contributed by atoms with Crippen LogP contribution in [0.1, 0.15) is 10.8 Å². The highest BCUT2D eigenvalue weighted by Gasteiger charge is 2.24. The molecule has 0 radical (unpaired) electrons. The van der Waals surface area contributed by atoms with Crippen LogP contribution in [-0.4, -0.2) is 15.5 Å². The predicted octanol–water partition coefficient (Wildman–Crippen LogP) is 5.20. The van der Waals surface area contributed by atoms with Crippen LogP contribution in [0.4, 0.5) is 5.69 Å². The number of amides is 1. The molecule has 0 fully saturated rings. The highest BCUT2D eigenvalue weighted by molar-refractivity contribution is 8.00. The van der Waals surface area contributed by atoms with Crippen molar-refractivity contribution in [3.63, 3.8) is 0 Å². The number of anilines is 1. The van der Waals surface area contributed by atoms with Crippen molar-refractivity contribution in [2.75, 3.05) is 5.32 Å². The second kappa shape index (κ2) is 7.95. The van der Waals surface area contributed by atoms with Gasteiger partial charge in [-0.3, -0.25) is 4.79 Å². The van der Waals surface area contributed by atoms with E-state index in [0.717, 1.165) is 10.7 Å². The zero-order valence-corrected chi connectivity index (χ0v) is 15.6. The maximum atomic E-state index is 12.9. The smallest absolute Gasteiger partial charge is 0.242 e. The van der Waals surface area contributed by atoms with Crippen molar-refractivity contribution < 1.29 is 4.79 Å². The van der Waals surface area contributed by atoms with Gasteiger partial charge in [-0.25, -0.2) is 4.98 Å². The van der Waals surface area contributed by atoms with Crippen LogP contribution in [0, 0.1) is 0 Å². The lowest BCUT2D eigenvalue weighted by atomic mass is 10.1. The summed E-state index contributed by atoms with van der Waals surface area (Å²) in [7, 11) is 1.89. The SMILES string of the molecule is Cn1ccnc1SC(C(=O)Nc1cc(Cl)cc(Cl)c1)c1ccccc1. The quantitative estimate of drug-likeness (QED) is 0.607. The van der Waals surface area contributed by atoms with Crippen LogP contribution in [0.15, 0.2) is 66.1 Å². The normalized spacial score (nSPS) is 12.0. The Bertz CT molecular complexity index is 863. The molecule has 1 amide bonds. The summed E-state index contributed by atoms with van der Waals surface area (Å²) in [4.78, 5) is 17.2. The third-order valence-corrected chi connectivity index (χ3v) is 5.23. The van der Waals surface area contributed by atoms with E-state index in [1.165, 1.54) is 11.8 Å². The van der Waals surface area contributed by atoms with Gasteiger partial charge in [0.2, 0.25) is 5.91 Å². The molecule has 3 rings (SSSR count). The third kappa shape index (κ3) is 4.57. The van der Waals surface area contributed by atoms with Gasteiger partial charge in [-0.1, -0.05) is 65.3 Å². The molecule has 0 bridgehead atoms. The summed E-state index contributed by atoms with van der Waals surface area (Å²) >= 11 is 13.4. The van der Waals surface area contributed by atoms with E-state index < -0.39 is 5.25 Å². The van der Waals surface area contributed by atoms with Crippen LogP contribution in [-0.2, 0) is 11.8 Å². The number of aryl methyl sites for hydroxylation is 1. The molecule has 3 aromatic rings. The summed E-state index contributed by atoms with van der Waals surface area (Å²) in [5.74, 6) is -0.169. The van der Waals surface area contributed by atoms with Gasteiger partial charge in [0.25, 0.3) is 0 Å². The van der Waals surface area contributed by atoms with E-state index in [1.54, 1.807) is 24.4 Å². The molecular formula is C18H15Cl2N3OS. The van der Waals surface area contributed by atoms with Gasteiger partial charge < -0.3 is 9.88 Å². The number of carbonyl (C=O) groups excluding carboxylic acids is 1. The number of halogens is 2. The molecule has 0 saturated heterocycles. The first-order valence-electron chi connectivity index (χ1n) is 7.49. The molecule has 128 valence electrons. The molecule has 1 heterocycles. The van der Waals surface area contributed by atoms with E-state index in [2.05, 4.69) is 10.3 Å². The Morgan fingerprint density at radius 2 is 1.84 bits per heavy atom. The minimum absolute atomic E-state index is 0.169. The maximum absolute atomic E-state index is 12.9. The molecule has 1 atom stereocenters. The summed E-state index contributed by atoms with van der Waals surface area (Å²) in [5, 5.41) is 4.12. The van der Waals surface area contributed by atoms with Crippen molar-refractivity contribution in [1.29, 1.82) is 0 Å². The molecule has 4 nitrogen and oxygen atoms in total. The number of aromatic nitrogens is 2. The van der Waals surface area contributed by atoms with Gasteiger partial charge in [0.15, 0.2) is 5.16 Å². The largest absolute Gasteiger partial charge is 0.329 e. The van der Waals surface area contributed by atoms with Crippen LogP contribution in [0.2, 0.25) is 10.0 Å². The maximum Gasteiger partial charge on any atom is 0.242 e. The Kier molecular flexibility index (Phi) is 5.68. The fraction of sp³-hybridized carbons (Fsp3) is 0.111. The van der Waals surface area contributed by atoms with E-state index in [4.69, 9.17) is 23.2 Å². The molecule has 7 heteroatoms. The Balaban J connectivity index is 1.88. The van der Waals surface area contributed by atoms with Crippen LogP contribution >= 0.6 is 35.0 Å². The topological polar surface area (TPSA) is 46.9 Å². The highest BCUT2D eigenvalue weighted by Crippen LogP contribution is 2.35. The molecule has 0 aliphatic rings. The number of hydrogen-bond acceptors (Lipinski definition) is 3. The minimum atomic E-state index is -0.458. The molecule has 2 aromatic carbocycles. The average Bonchev–Trinajstić information content (AvgIpc) is 2.97. The Morgan fingerprint density at radius 1 is 1.16 bits per heavy atom. The third-order valence-electron chi connectivity index (χ3n) is 3.47. The number of nitrogens with one attached hydrogen (secondary N) is 1. The first-order valence-corrected chi connectivity index (χ1v) is 9.12. The van der Waals surface area contributed by atoms with Crippen molar-refractivity contribution >= 4 is 46.6 Å². The fourth-order valence-corrected chi connectivity index (χ4v) is 3.85. The fourth-order valence-electron chi connectivity index (χ4n) is 2.31. The Labute approximate surface area is 160 Å². The summed E-state index contributed by atoms with van der Waals surface area (Å²) in [6.45, 7) is 0. The van der Waals surface area contributed by atoms with Crippen LogP contribution < -0.4 is 5.32 Å². The number of thioether (sulfide) groups is 1. The van der Waals surface area contributed by atoms with Crippen molar-refractivity contribution in [3.05, 3.63) is 76.5 Å². The molecule has 1 unspecified atom stereocenters. The van der Waals surface area contributed by atoms with Gasteiger partial charge in [-0.15, -0.1) is 0 Å². The van der Waals surface area contributed by atoms with E-state index in [9.17, 15) is 4.79 Å². The number of nitrogens with zero attached hydrogens (tertiary/aromatic N) is 2. The van der Waals surface area contributed by atoms with Gasteiger partial charge in [0, 0.05) is 35.2 Å². The molecule has 25 heavy (non-hydrogen) atoms. The van der Waals surface area contributed by atoms with Gasteiger partial charge in [0.1, 0.15) is 5.25 Å². The number of imidazole rings is 1. The monoisotopic (exact) mass is 391 g/mol. The van der Waals surface area contributed by atoms with Crippen molar-refractivity contribution in [2.24, 2.45) is 7.05 Å². The second-order valence-corrected chi connectivity index (χ2v) is 7.32. The highest BCUT2D eigenvalue weighted by atomic mass is 35.5. The average molecular weight is 392 g/mol. The summed E-state index contributed by atoms with van der Waals surface area (Å²) < 4.78 is 1.88. The lowest BCUT2D eigenvalue weighted by Crippen LogP contribution is -2.19. The van der Waals surface area contributed by atoms with E-state index >= 15 is 0 Å². The zero-order valence-electron chi connectivity index (χ0n) is 13.3. The number of carbonyl (C=O) groups is 1. The number of benzene rings is 2. The molecule has 0 spiro atoms. The van der Waals surface area contributed by atoms with Gasteiger partial charge >= 0.3 is 0 Å². The van der Waals surface area contributed by atoms with Crippen molar-refractivity contribution in [2.45, 2.75) is 10.4 Å². The summed E-state index contributed by atoms with van der Waals surface area (Å²) in [6.07, 6.45) is 3.55. The van der Waals surface area contributed by atoms with E-state index in [1.807, 2.05) is 48.1 Å². The lowest BCUT2D eigenvalue weighted by Gasteiger charge is -2.17. The molecule has 0 aliphatic carbocycles. The first kappa shape index (κ1) is 17.9. The van der Waals surface area contributed by atoms with E-state index in [-0.39, 0.29) is 5.91 Å². The van der Waals surface area contributed by atoms with Gasteiger partial charge in [-0.05, 0) is 23.8 Å². The summed E-state index contributed by atoms with van der Waals surface area (Å²) in [6, 6.07) is 14.5. The minimum Gasteiger partial charge on any atom is -0.329 e. The molecule has 0 aliphatic heterocycles. The molecule has 1 aromatic heterocycles. The Morgan fingerprint density at radius 3 is 2.44 bits per heavy atom. The number of hydrogen-bond donors (Lipinski definition) is 1. The molecular weight excluding hydrogens is 377 g/mol. The Hall–Kier alpha value is -1.95. The standard InChI is InChI=1S/C18H15Cl2N3OS/c1-23-8-7-21-18(23)25-16(12-5-3-2-4-6-12)17(24)22-15-10-13(19)9-14(20)11-15/h2-11,16H,1H3,(H,22,24). The van der Waals surface area contributed by atoms with Crippen molar-refractivity contribution in [3.8, 4) is 0 Å². The van der Waals surface area contributed by atoms with Crippen molar-refractivity contribution in [1.82, 2.24) is 9.55 Å².